The Balaban J connectivity index is 1.36. The summed E-state index contributed by atoms with van der Waals surface area (Å²) in [6.07, 6.45) is 8.40. The van der Waals surface area contributed by atoms with Crippen LogP contribution in [0.1, 0.15) is 51.9 Å². The lowest BCUT2D eigenvalue weighted by Gasteiger charge is -2.34. The molecule has 160 valence electrons. The number of nitrogens with one attached hydrogen (secondary N) is 1. The number of carbonyl (C=O) groups is 1. The Morgan fingerprint density at radius 1 is 1.17 bits per heavy atom. The average molecular weight is 403 g/mol. The van der Waals surface area contributed by atoms with Gasteiger partial charge in [-0.2, -0.15) is 9.97 Å². The van der Waals surface area contributed by atoms with Crippen LogP contribution in [0.2, 0.25) is 0 Å². The van der Waals surface area contributed by atoms with E-state index in [9.17, 15) is 4.79 Å². The summed E-state index contributed by atoms with van der Waals surface area (Å²) in [7, 11) is 0. The Kier molecular flexibility index (Phi) is 6.37. The first-order valence-corrected chi connectivity index (χ1v) is 11.2. The Hall–Kier alpha value is -2.09. The third kappa shape index (κ3) is 5.29. The predicted octanol–water partition coefficient (Wildman–Crippen LogP) is 2.51. The van der Waals surface area contributed by atoms with Gasteiger partial charge in [0.15, 0.2) is 11.6 Å². The molecule has 0 atom stereocenters. The van der Waals surface area contributed by atoms with Crippen molar-refractivity contribution in [1.29, 1.82) is 0 Å². The number of unbranched alkanes of at least 4 members (excludes halogenated alkanes) is 1. The molecule has 0 aromatic carbocycles. The Bertz CT molecular complexity index is 715. The Labute approximate surface area is 173 Å². The molecule has 2 aliphatic heterocycles. The smallest absolute Gasteiger partial charge is 0.320 e. The second kappa shape index (κ2) is 9.15. The van der Waals surface area contributed by atoms with Crippen molar-refractivity contribution in [2.24, 2.45) is 11.8 Å². The van der Waals surface area contributed by atoms with E-state index in [0.717, 1.165) is 31.7 Å². The molecule has 3 heterocycles. The van der Waals surface area contributed by atoms with E-state index in [2.05, 4.69) is 27.1 Å². The minimum absolute atomic E-state index is 0.0632. The number of carbonyl (C=O) groups excluding carboxylic acids is 1. The molecule has 1 aromatic rings. The highest BCUT2D eigenvalue weighted by atomic mass is 16.5. The van der Waals surface area contributed by atoms with E-state index in [-0.39, 0.29) is 11.7 Å². The van der Waals surface area contributed by atoms with Crippen molar-refractivity contribution in [3.63, 3.8) is 0 Å². The van der Waals surface area contributed by atoms with Gasteiger partial charge in [0.1, 0.15) is 5.69 Å². The fourth-order valence-electron chi connectivity index (χ4n) is 4.24. The average Bonchev–Trinajstić information content (AvgIpc) is 3.52. The number of likely N-dealkylation sites (tertiary alicyclic amines) is 1. The van der Waals surface area contributed by atoms with Gasteiger partial charge in [0, 0.05) is 13.1 Å². The molecule has 4 rings (SSSR count). The van der Waals surface area contributed by atoms with Gasteiger partial charge in [0.05, 0.1) is 13.2 Å². The second-order valence-electron chi connectivity index (χ2n) is 8.74. The number of hydrogen-bond acceptors (Lipinski definition) is 7. The quantitative estimate of drug-likeness (QED) is 0.613. The van der Waals surface area contributed by atoms with Gasteiger partial charge in [-0.3, -0.25) is 4.79 Å². The predicted molar refractivity (Wildman–Crippen MR) is 114 cm³/mol. The van der Waals surface area contributed by atoms with Crippen molar-refractivity contribution >= 4 is 23.2 Å². The van der Waals surface area contributed by atoms with Crippen LogP contribution in [0, 0.1) is 11.8 Å². The summed E-state index contributed by atoms with van der Waals surface area (Å²) in [6.45, 7) is 7.51. The lowest BCUT2D eigenvalue weighted by atomic mass is 9.93. The van der Waals surface area contributed by atoms with Crippen molar-refractivity contribution in [2.75, 3.05) is 55.3 Å². The monoisotopic (exact) mass is 402 g/mol. The van der Waals surface area contributed by atoms with Crippen molar-refractivity contribution in [1.82, 2.24) is 14.9 Å². The molecule has 1 aliphatic carbocycles. The van der Waals surface area contributed by atoms with Crippen LogP contribution in [-0.2, 0) is 4.79 Å². The molecule has 8 heteroatoms. The molecule has 29 heavy (non-hydrogen) atoms. The fourth-order valence-corrected chi connectivity index (χ4v) is 4.24. The zero-order chi connectivity index (χ0) is 20.2. The summed E-state index contributed by atoms with van der Waals surface area (Å²) >= 11 is 0. The molecule has 2 fully saturated rings. The molecular weight excluding hydrogens is 368 g/mol. The summed E-state index contributed by atoms with van der Waals surface area (Å²) in [5.74, 6) is 2.57. The molecular formula is C21H34N6O2. The number of anilines is 3. The number of nitrogens with two attached hydrogens (primary N) is 1. The number of ether oxygens (including phenoxy) is 1. The van der Waals surface area contributed by atoms with Crippen molar-refractivity contribution in [3.8, 4) is 6.01 Å². The highest BCUT2D eigenvalue weighted by molar-refractivity contribution is 6.03. The third-order valence-corrected chi connectivity index (χ3v) is 6.25. The van der Waals surface area contributed by atoms with Crippen molar-refractivity contribution in [2.45, 2.75) is 51.9 Å². The number of nitrogens with zero attached hydrogens (tertiary/aromatic N) is 4. The van der Waals surface area contributed by atoms with E-state index < -0.39 is 0 Å². The highest BCUT2D eigenvalue weighted by Gasteiger charge is 2.30. The van der Waals surface area contributed by atoms with Crippen LogP contribution in [0.15, 0.2) is 0 Å². The maximum Gasteiger partial charge on any atom is 0.320 e. The number of piperidine rings is 1. The van der Waals surface area contributed by atoms with Crippen LogP contribution in [0.25, 0.3) is 0 Å². The number of fused-ring (bicyclic) bond motifs is 1. The third-order valence-electron chi connectivity index (χ3n) is 6.25. The van der Waals surface area contributed by atoms with Gasteiger partial charge in [0.25, 0.3) is 0 Å². The van der Waals surface area contributed by atoms with E-state index in [0.29, 0.717) is 36.6 Å². The van der Waals surface area contributed by atoms with Crippen LogP contribution in [0.3, 0.4) is 0 Å². The Morgan fingerprint density at radius 3 is 2.69 bits per heavy atom. The lowest BCUT2D eigenvalue weighted by Crippen LogP contribution is -2.41. The van der Waals surface area contributed by atoms with E-state index in [1.165, 1.54) is 45.3 Å². The number of nitrogen functional groups attached to an aromatic ring is 1. The molecule has 0 unspecified atom stereocenters. The molecule has 1 saturated heterocycles. The molecule has 8 nitrogen and oxygen atoms in total. The number of aromatic nitrogens is 2. The number of amides is 1. The molecule has 0 spiro atoms. The summed E-state index contributed by atoms with van der Waals surface area (Å²) < 4.78 is 5.66. The molecule has 1 amide bonds. The maximum atomic E-state index is 12.2. The largest absolute Gasteiger partial charge is 0.463 e. The van der Waals surface area contributed by atoms with Crippen LogP contribution >= 0.6 is 0 Å². The van der Waals surface area contributed by atoms with Gasteiger partial charge in [-0.15, -0.1) is 0 Å². The fraction of sp³-hybridized carbons (Fsp3) is 0.762. The second-order valence-corrected chi connectivity index (χ2v) is 8.74. The van der Waals surface area contributed by atoms with Crippen LogP contribution in [0.4, 0.5) is 17.3 Å². The first-order valence-electron chi connectivity index (χ1n) is 11.2. The highest BCUT2D eigenvalue weighted by Crippen LogP contribution is 2.35. The SMILES string of the molecule is CCCCOc1nc(N)c2c(n1)N(CCC1CCN(CC3CC3)CC1)CC(=O)N2. The topological polar surface area (TPSA) is 96.6 Å². The van der Waals surface area contributed by atoms with Gasteiger partial charge >= 0.3 is 6.01 Å². The van der Waals surface area contributed by atoms with Gasteiger partial charge in [0.2, 0.25) is 5.91 Å². The van der Waals surface area contributed by atoms with Crippen LogP contribution in [-0.4, -0.2) is 60.1 Å². The van der Waals surface area contributed by atoms with E-state index >= 15 is 0 Å². The minimum Gasteiger partial charge on any atom is -0.463 e. The van der Waals surface area contributed by atoms with Crippen LogP contribution < -0.4 is 20.7 Å². The zero-order valence-corrected chi connectivity index (χ0v) is 17.5. The standard InChI is InChI=1S/C21H34N6O2/c1-2-3-12-29-21-24-19(22)18-20(25-21)27(14-17(28)23-18)11-8-15-6-9-26(10-7-15)13-16-4-5-16/h15-16H,2-14H2,1H3,(H,23,28)(H2,22,24,25). The molecule has 3 N–H and O–H groups in total. The summed E-state index contributed by atoms with van der Waals surface area (Å²) in [4.78, 5) is 25.6. The van der Waals surface area contributed by atoms with Gasteiger partial charge in [-0.1, -0.05) is 13.3 Å². The summed E-state index contributed by atoms with van der Waals surface area (Å²) in [5.41, 5.74) is 6.61. The van der Waals surface area contributed by atoms with Gasteiger partial charge < -0.3 is 25.6 Å². The maximum absolute atomic E-state index is 12.2. The zero-order valence-electron chi connectivity index (χ0n) is 17.5. The molecule has 0 bridgehead atoms. The lowest BCUT2D eigenvalue weighted by molar-refractivity contribution is -0.115. The molecule has 3 aliphatic rings. The number of rotatable bonds is 9. The minimum atomic E-state index is -0.0632. The van der Waals surface area contributed by atoms with Crippen molar-refractivity contribution < 1.29 is 9.53 Å². The van der Waals surface area contributed by atoms with Crippen molar-refractivity contribution in [3.05, 3.63) is 0 Å². The summed E-state index contributed by atoms with van der Waals surface area (Å²) in [5, 5.41) is 2.83. The van der Waals surface area contributed by atoms with Gasteiger partial charge in [-0.05, 0) is 63.5 Å². The Morgan fingerprint density at radius 2 is 1.97 bits per heavy atom. The first-order chi connectivity index (χ1) is 14.1. The van der Waals surface area contributed by atoms with Crippen LogP contribution in [0.5, 0.6) is 6.01 Å². The molecule has 1 saturated carbocycles. The molecule has 0 radical (unpaired) electrons. The van der Waals surface area contributed by atoms with Gasteiger partial charge in [-0.25, -0.2) is 0 Å². The van der Waals surface area contributed by atoms with E-state index in [1.54, 1.807) is 0 Å². The molecule has 1 aromatic heterocycles. The summed E-state index contributed by atoms with van der Waals surface area (Å²) in [6, 6.07) is 0.296. The van der Waals surface area contributed by atoms with E-state index in [1.807, 2.05) is 4.90 Å². The van der Waals surface area contributed by atoms with E-state index in [4.69, 9.17) is 10.5 Å². The normalized spacial score (nSPS) is 20.4. The number of hydrogen-bond donors (Lipinski definition) is 2. The first kappa shape index (κ1) is 20.2.